The number of rotatable bonds is 7. The molecule has 0 spiro atoms. The molecule has 6 heteroatoms. The van der Waals surface area contributed by atoms with Crippen molar-refractivity contribution in [2.24, 2.45) is 0 Å². The van der Waals surface area contributed by atoms with Crippen LogP contribution in [0, 0.1) is 0 Å². The molecular weight excluding hydrogens is 220 g/mol. The lowest BCUT2D eigenvalue weighted by Crippen LogP contribution is -2.07. The average Bonchev–Trinajstić information content (AvgIpc) is 2.12. The van der Waals surface area contributed by atoms with E-state index in [9.17, 15) is 13.2 Å². The second-order valence-corrected chi connectivity index (χ2v) is 4.54. The summed E-state index contributed by atoms with van der Waals surface area (Å²) in [7, 11) is -3.89. The summed E-state index contributed by atoms with van der Waals surface area (Å²) in [6.07, 6.45) is 4.48. The monoisotopic (exact) mass is 236 g/mol. The molecule has 0 saturated carbocycles. The number of carbonyl (C=O) groups excluding carboxylic acids is 1. The molecule has 0 heterocycles. The molecule has 0 radical (unpaired) electrons. The first-order valence-electron chi connectivity index (χ1n) is 4.74. The van der Waals surface area contributed by atoms with Gasteiger partial charge in [-0.3, -0.25) is 4.55 Å². The highest BCUT2D eigenvalue weighted by Crippen LogP contribution is 1.95. The predicted molar refractivity (Wildman–Crippen MR) is 56.0 cm³/mol. The lowest BCUT2D eigenvalue weighted by atomic mass is 10.3. The third-order valence-electron chi connectivity index (χ3n) is 1.53. The molecule has 0 amide bonds. The zero-order valence-corrected chi connectivity index (χ0v) is 9.50. The number of unbranched alkanes of at least 4 members (excludes halogenated alkanes) is 1. The first-order chi connectivity index (χ1) is 6.95. The van der Waals surface area contributed by atoms with Gasteiger partial charge < -0.3 is 4.74 Å². The van der Waals surface area contributed by atoms with Crippen LogP contribution in [0.3, 0.4) is 0 Å². The Morgan fingerprint density at radius 1 is 1.40 bits per heavy atom. The second-order valence-electron chi connectivity index (χ2n) is 2.97. The number of carbonyl (C=O) groups is 1. The van der Waals surface area contributed by atoms with E-state index in [0.717, 1.165) is 6.42 Å². The minimum Gasteiger partial charge on any atom is -0.463 e. The molecule has 0 saturated heterocycles. The maximum Gasteiger partial charge on any atom is 0.330 e. The number of ether oxygens (including phenoxy) is 1. The van der Waals surface area contributed by atoms with Crippen molar-refractivity contribution in [1.29, 1.82) is 0 Å². The third-order valence-corrected chi connectivity index (χ3v) is 2.34. The van der Waals surface area contributed by atoms with Gasteiger partial charge in [0.25, 0.3) is 10.1 Å². The minimum absolute atomic E-state index is 0.169. The molecule has 88 valence electrons. The Morgan fingerprint density at radius 2 is 2.07 bits per heavy atom. The molecule has 5 nitrogen and oxygen atoms in total. The Labute approximate surface area is 89.9 Å². The molecule has 0 aliphatic rings. The van der Waals surface area contributed by atoms with Crippen LogP contribution < -0.4 is 0 Å². The summed E-state index contributed by atoms with van der Waals surface area (Å²) in [5.74, 6) is -0.723. The van der Waals surface area contributed by atoms with Gasteiger partial charge in [0.05, 0.1) is 12.4 Å². The first kappa shape index (κ1) is 14.1. The quantitative estimate of drug-likeness (QED) is 0.310. The SMILES string of the molecule is CCC=CC(=O)OCCCCS(=O)(=O)O. The fourth-order valence-corrected chi connectivity index (χ4v) is 1.39. The molecule has 1 N–H and O–H groups in total. The molecular formula is C9H16O5S. The van der Waals surface area contributed by atoms with E-state index >= 15 is 0 Å². The van der Waals surface area contributed by atoms with Crippen LogP contribution in [-0.4, -0.2) is 31.3 Å². The molecule has 0 fully saturated rings. The summed E-state index contributed by atoms with van der Waals surface area (Å²) in [5, 5.41) is 0. The van der Waals surface area contributed by atoms with Crippen LogP contribution in [0.25, 0.3) is 0 Å². The molecule has 0 aromatic rings. The van der Waals surface area contributed by atoms with Crippen LogP contribution >= 0.6 is 0 Å². The normalized spacial score (nSPS) is 11.9. The van der Waals surface area contributed by atoms with Gasteiger partial charge in [0.2, 0.25) is 0 Å². The highest BCUT2D eigenvalue weighted by Gasteiger charge is 2.03. The van der Waals surface area contributed by atoms with Crippen molar-refractivity contribution in [2.45, 2.75) is 26.2 Å². The van der Waals surface area contributed by atoms with E-state index < -0.39 is 16.1 Å². The number of hydrogen-bond acceptors (Lipinski definition) is 4. The van der Waals surface area contributed by atoms with E-state index in [2.05, 4.69) is 0 Å². The summed E-state index contributed by atoms with van der Waals surface area (Å²) < 4.78 is 33.8. The van der Waals surface area contributed by atoms with Crippen molar-refractivity contribution in [2.75, 3.05) is 12.4 Å². The van der Waals surface area contributed by atoms with Crippen LogP contribution in [-0.2, 0) is 19.6 Å². The zero-order chi connectivity index (χ0) is 11.7. The third kappa shape index (κ3) is 11.0. The molecule has 15 heavy (non-hydrogen) atoms. The van der Waals surface area contributed by atoms with Gasteiger partial charge in [-0.15, -0.1) is 0 Å². The van der Waals surface area contributed by atoms with Gasteiger partial charge in [-0.25, -0.2) is 4.79 Å². The van der Waals surface area contributed by atoms with E-state index in [0.29, 0.717) is 6.42 Å². The zero-order valence-electron chi connectivity index (χ0n) is 8.68. The van der Waals surface area contributed by atoms with Crippen molar-refractivity contribution >= 4 is 16.1 Å². The summed E-state index contributed by atoms with van der Waals surface area (Å²) >= 11 is 0. The van der Waals surface area contributed by atoms with Crippen molar-refractivity contribution in [3.63, 3.8) is 0 Å². The van der Waals surface area contributed by atoms with E-state index in [4.69, 9.17) is 9.29 Å². The number of hydrogen-bond donors (Lipinski definition) is 1. The molecule has 0 rings (SSSR count). The fourth-order valence-electron chi connectivity index (χ4n) is 0.821. The van der Waals surface area contributed by atoms with E-state index in [-0.39, 0.29) is 18.8 Å². The van der Waals surface area contributed by atoms with Crippen molar-refractivity contribution in [1.82, 2.24) is 0 Å². The lowest BCUT2D eigenvalue weighted by molar-refractivity contribution is -0.137. The summed E-state index contributed by atoms with van der Waals surface area (Å²) in [5.41, 5.74) is 0. The predicted octanol–water partition coefficient (Wildman–Crippen LogP) is 1.16. The average molecular weight is 236 g/mol. The topological polar surface area (TPSA) is 80.7 Å². The molecule has 0 aliphatic heterocycles. The summed E-state index contributed by atoms with van der Waals surface area (Å²) in [6, 6.07) is 0. The van der Waals surface area contributed by atoms with Crippen molar-refractivity contribution in [3.8, 4) is 0 Å². The van der Waals surface area contributed by atoms with Gasteiger partial charge in [-0.05, 0) is 19.3 Å². The standard InChI is InChI=1S/C9H16O5S/c1-2-3-6-9(10)14-7-4-5-8-15(11,12)13/h3,6H,2,4-5,7-8H2,1H3,(H,11,12,13). The van der Waals surface area contributed by atoms with Crippen LogP contribution in [0.2, 0.25) is 0 Å². The maximum absolute atomic E-state index is 10.9. The van der Waals surface area contributed by atoms with Crippen LogP contribution in [0.5, 0.6) is 0 Å². The summed E-state index contributed by atoms with van der Waals surface area (Å²) in [6.45, 7) is 2.07. The van der Waals surface area contributed by atoms with E-state index in [1.807, 2.05) is 6.92 Å². The molecule has 0 aromatic heterocycles. The van der Waals surface area contributed by atoms with Gasteiger partial charge in [-0.2, -0.15) is 8.42 Å². The Balaban J connectivity index is 3.47. The lowest BCUT2D eigenvalue weighted by Gasteiger charge is -2.00. The second kappa shape index (κ2) is 7.42. The minimum atomic E-state index is -3.89. The highest BCUT2D eigenvalue weighted by atomic mass is 32.2. The van der Waals surface area contributed by atoms with E-state index in [1.54, 1.807) is 6.08 Å². The van der Waals surface area contributed by atoms with Gasteiger partial charge in [0.1, 0.15) is 0 Å². The van der Waals surface area contributed by atoms with Gasteiger partial charge >= 0.3 is 5.97 Å². The van der Waals surface area contributed by atoms with Gasteiger partial charge in [0, 0.05) is 6.08 Å². The fraction of sp³-hybridized carbons (Fsp3) is 0.667. The van der Waals surface area contributed by atoms with E-state index in [1.165, 1.54) is 6.08 Å². The first-order valence-corrected chi connectivity index (χ1v) is 6.35. The smallest absolute Gasteiger partial charge is 0.330 e. The largest absolute Gasteiger partial charge is 0.463 e. The molecule has 0 atom stereocenters. The molecule has 0 unspecified atom stereocenters. The van der Waals surface area contributed by atoms with Crippen LogP contribution in [0.1, 0.15) is 26.2 Å². The molecule has 0 aliphatic carbocycles. The Morgan fingerprint density at radius 3 is 2.60 bits per heavy atom. The Bertz CT molecular complexity index is 304. The maximum atomic E-state index is 10.9. The summed E-state index contributed by atoms with van der Waals surface area (Å²) in [4.78, 5) is 10.9. The molecule has 0 bridgehead atoms. The van der Waals surface area contributed by atoms with Gasteiger partial charge in [0.15, 0.2) is 0 Å². The van der Waals surface area contributed by atoms with Gasteiger partial charge in [-0.1, -0.05) is 13.0 Å². The Hall–Kier alpha value is -0.880. The number of allylic oxidation sites excluding steroid dienone is 1. The van der Waals surface area contributed by atoms with Crippen LogP contribution in [0.4, 0.5) is 0 Å². The highest BCUT2D eigenvalue weighted by molar-refractivity contribution is 7.85. The Kier molecular flexibility index (Phi) is 6.98. The molecule has 0 aromatic carbocycles. The van der Waals surface area contributed by atoms with Crippen LogP contribution in [0.15, 0.2) is 12.2 Å². The van der Waals surface area contributed by atoms with Crippen molar-refractivity contribution in [3.05, 3.63) is 12.2 Å². The van der Waals surface area contributed by atoms with Crippen molar-refractivity contribution < 1.29 is 22.5 Å². The number of esters is 1.